The monoisotopic (exact) mass is 447 g/mol. The number of benzene rings is 2. The highest BCUT2D eigenvalue weighted by molar-refractivity contribution is 9.10. The predicted molar refractivity (Wildman–Crippen MR) is 115 cm³/mol. The van der Waals surface area contributed by atoms with Crippen molar-refractivity contribution in [2.24, 2.45) is 0 Å². The molecule has 1 fully saturated rings. The van der Waals surface area contributed by atoms with Gasteiger partial charge in [-0.2, -0.15) is 5.10 Å². The minimum atomic E-state index is -0.372. The minimum Gasteiger partial charge on any atom is -0.465 e. The highest BCUT2D eigenvalue weighted by atomic mass is 79.9. The van der Waals surface area contributed by atoms with Gasteiger partial charge in [-0.15, -0.1) is 0 Å². The maximum atomic E-state index is 12.7. The molecule has 1 saturated carbocycles. The van der Waals surface area contributed by atoms with E-state index in [2.05, 4.69) is 15.9 Å². The van der Waals surface area contributed by atoms with E-state index in [1.807, 2.05) is 65.3 Å². The number of hydrogen-bond donors (Lipinski definition) is 0. The number of carbonyl (C=O) groups is 1. The molecule has 2 aromatic heterocycles. The lowest BCUT2D eigenvalue weighted by atomic mass is 10.0. The van der Waals surface area contributed by atoms with Gasteiger partial charge in [0, 0.05) is 16.0 Å². The van der Waals surface area contributed by atoms with Crippen LogP contribution in [0.5, 0.6) is 0 Å². The smallest absolute Gasteiger partial charge is 0.338 e. The molecule has 0 N–H and O–H groups in total. The quantitative estimate of drug-likeness (QED) is 0.386. The Kier molecular flexibility index (Phi) is 4.43. The Morgan fingerprint density at radius 3 is 2.59 bits per heavy atom. The summed E-state index contributed by atoms with van der Waals surface area (Å²) in [4.78, 5) is 17.7. The van der Waals surface area contributed by atoms with Crippen molar-refractivity contribution in [1.82, 2.24) is 14.8 Å². The van der Waals surface area contributed by atoms with Crippen molar-refractivity contribution in [3.8, 4) is 16.9 Å². The molecule has 144 valence electrons. The van der Waals surface area contributed by atoms with Crippen molar-refractivity contribution in [1.29, 1.82) is 0 Å². The number of aromatic nitrogens is 3. The van der Waals surface area contributed by atoms with Crippen molar-refractivity contribution < 1.29 is 9.53 Å². The van der Waals surface area contributed by atoms with Gasteiger partial charge in [0.1, 0.15) is 0 Å². The first-order valence-corrected chi connectivity index (χ1v) is 10.3. The lowest BCUT2D eigenvalue weighted by Gasteiger charge is -2.09. The first-order valence-electron chi connectivity index (χ1n) is 9.49. The molecule has 5 rings (SSSR count). The van der Waals surface area contributed by atoms with E-state index in [0.717, 1.165) is 39.6 Å². The number of rotatable bonds is 4. The third-order valence-electron chi connectivity index (χ3n) is 5.16. The molecule has 5 nitrogen and oxygen atoms in total. The summed E-state index contributed by atoms with van der Waals surface area (Å²) >= 11 is 3.52. The van der Waals surface area contributed by atoms with Gasteiger partial charge in [0.2, 0.25) is 0 Å². The van der Waals surface area contributed by atoms with Crippen LogP contribution >= 0.6 is 15.9 Å². The van der Waals surface area contributed by atoms with Crippen molar-refractivity contribution >= 4 is 32.9 Å². The Morgan fingerprint density at radius 2 is 1.90 bits per heavy atom. The average molecular weight is 448 g/mol. The van der Waals surface area contributed by atoms with Crippen molar-refractivity contribution in [2.75, 3.05) is 7.11 Å². The Hall–Kier alpha value is -2.99. The summed E-state index contributed by atoms with van der Waals surface area (Å²) in [5.74, 6) is -0.00690. The fourth-order valence-corrected chi connectivity index (χ4v) is 4.00. The molecule has 0 unspecified atom stereocenters. The molecule has 0 saturated heterocycles. The summed E-state index contributed by atoms with van der Waals surface area (Å²) in [5.41, 5.74) is 4.66. The predicted octanol–water partition coefficient (Wildman–Crippen LogP) is 5.51. The molecular weight excluding hydrogens is 430 g/mol. The van der Waals surface area contributed by atoms with E-state index in [4.69, 9.17) is 14.8 Å². The van der Waals surface area contributed by atoms with Gasteiger partial charge < -0.3 is 4.74 Å². The van der Waals surface area contributed by atoms with E-state index in [-0.39, 0.29) is 5.97 Å². The fraction of sp³-hybridized carbons (Fsp3) is 0.174. The number of fused-ring (bicyclic) bond motifs is 1. The van der Waals surface area contributed by atoms with E-state index in [0.29, 0.717) is 22.8 Å². The lowest BCUT2D eigenvalue weighted by Crippen LogP contribution is -2.05. The number of para-hydroxylation sites is 1. The zero-order valence-corrected chi connectivity index (χ0v) is 17.4. The molecule has 1 aliphatic carbocycles. The van der Waals surface area contributed by atoms with E-state index >= 15 is 0 Å². The zero-order valence-electron chi connectivity index (χ0n) is 15.8. The van der Waals surface area contributed by atoms with Gasteiger partial charge in [0.15, 0.2) is 5.65 Å². The highest BCUT2D eigenvalue weighted by Crippen LogP contribution is 2.44. The SMILES string of the molecule is COC(=O)c1cc(-c2cccc(Br)c2)nc2c1c(C1CC1)nn2-c1ccccc1. The van der Waals surface area contributed by atoms with Crippen LogP contribution in [0.2, 0.25) is 0 Å². The molecule has 6 heteroatoms. The molecule has 2 aromatic carbocycles. The Balaban J connectivity index is 1.85. The Labute approximate surface area is 176 Å². The molecule has 0 aliphatic heterocycles. The fourth-order valence-electron chi connectivity index (χ4n) is 3.60. The number of nitrogens with zero attached hydrogens (tertiary/aromatic N) is 3. The standard InChI is InChI=1S/C23H18BrN3O2/c1-29-23(28)18-13-19(15-6-5-7-16(24)12-15)25-22-20(18)21(14-10-11-14)26-27(22)17-8-3-2-4-9-17/h2-9,12-14H,10-11H2,1H3. The summed E-state index contributed by atoms with van der Waals surface area (Å²) in [7, 11) is 1.41. The molecule has 2 heterocycles. The molecule has 29 heavy (non-hydrogen) atoms. The third-order valence-corrected chi connectivity index (χ3v) is 5.65. The van der Waals surface area contributed by atoms with Gasteiger partial charge >= 0.3 is 5.97 Å². The van der Waals surface area contributed by atoms with Crippen LogP contribution in [0.3, 0.4) is 0 Å². The van der Waals surface area contributed by atoms with Gasteiger partial charge in [-0.1, -0.05) is 46.3 Å². The maximum absolute atomic E-state index is 12.7. The Morgan fingerprint density at radius 1 is 1.10 bits per heavy atom. The second kappa shape index (κ2) is 7.12. The van der Waals surface area contributed by atoms with Crippen LogP contribution in [0.25, 0.3) is 28.0 Å². The van der Waals surface area contributed by atoms with Crippen molar-refractivity contribution in [3.63, 3.8) is 0 Å². The molecule has 4 aromatic rings. The van der Waals surface area contributed by atoms with Crippen LogP contribution in [-0.4, -0.2) is 27.8 Å². The van der Waals surface area contributed by atoms with E-state index in [1.165, 1.54) is 7.11 Å². The van der Waals surface area contributed by atoms with Crippen LogP contribution in [-0.2, 0) is 4.74 Å². The van der Waals surface area contributed by atoms with Crippen LogP contribution in [0.4, 0.5) is 0 Å². The summed E-state index contributed by atoms with van der Waals surface area (Å²) in [6.07, 6.45) is 2.16. The molecule has 0 spiro atoms. The number of methoxy groups -OCH3 is 1. The van der Waals surface area contributed by atoms with E-state index < -0.39 is 0 Å². The molecule has 1 aliphatic rings. The van der Waals surface area contributed by atoms with Crippen LogP contribution in [0.1, 0.15) is 34.8 Å². The van der Waals surface area contributed by atoms with E-state index in [1.54, 1.807) is 0 Å². The Bertz CT molecular complexity index is 1230. The van der Waals surface area contributed by atoms with E-state index in [9.17, 15) is 4.79 Å². The number of halogens is 1. The number of ether oxygens (including phenoxy) is 1. The van der Waals surface area contributed by atoms with Gasteiger partial charge in [0.25, 0.3) is 0 Å². The summed E-state index contributed by atoms with van der Waals surface area (Å²) in [6, 6.07) is 19.6. The topological polar surface area (TPSA) is 57.0 Å². The van der Waals surface area contributed by atoms with Crippen LogP contribution in [0.15, 0.2) is 65.1 Å². The van der Waals surface area contributed by atoms with Crippen molar-refractivity contribution in [2.45, 2.75) is 18.8 Å². The third kappa shape index (κ3) is 3.23. The van der Waals surface area contributed by atoms with Gasteiger partial charge in [0.05, 0.1) is 35.1 Å². The largest absolute Gasteiger partial charge is 0.465 e. The zero-order chi connectivity index (χ0) is 20.0. The second-order valence-corrected chi connectivity index (χ2v) is 8.08. The number of carbonyl (C=O) groups excluding carboxylic acids is 1. The first kappa shape index (κ1) is 18.1. The van der Waals surface area contributed by atoms with Crippen LogP contribution < -0.4 is 0 Å². The normalized spacial score (nSPS) is 13.6. The molecule has 0 bridgehead atoms. The molecule has 0 radical (unpaired) electrons. The summed E-state index contributed by atoms with van der Waals surface area (Å²) < 4.78 is 7.91. The average Bonchev–Trinajstić information content (AvgIpc) is 3.53. The number of esters is 1. The number of hydrogen-bond acceptors (Lipinski definition) is 4. The molecular formula is C23H18BrN3O2. The van der Waals surface area contributed by atoms with Gasteiger partial charge in [-0.05, 0) is 43.2 Å². The minimum absolute atomic E-state index is 0.365. The second-order valence-electron chi connectivity index (χ2n) is 7.16. The van der Waals surface area contributed by atoms with Gasteiger partial charge in [-0.3, -0.25) is 0 Å². The van der Waals surface area contributed by atoms with Crippen LogP contribution in [0, 0.1) is 0 Å². The van der Waals surface area contributed by atoms with Gasteiger partial charge in [-0.25, -0.2) is 14.5 Å². The molecule has 0 amide bonds. The highest BCUT2D eigenvalue weighted by Gasteiger charge is 2.32. The maximum Gasteiger partial charge on any atom is 0.338 e. The lowest BCUT2D eigenvalue weighted by molar-refractivity contribution is 0.0603. The molecule has 0 atom stereocenters. The summed E-state index contributed by atoms with van der Waals surface area (Å²) in [6.45, 7) is 0. The first-order chi connectivity index (χ1) is 14.2. The van der Waals surface area contributed by atoms with Crippen molar-refractivity contribution in [3.05, 3.63) is 76.4 Å². The number of pyridine rings is 1. The summed E-state index contributed by atoms with van der Waals surface area (Å²) in [5, 5.41) is 5.68.